The standard InChI is InChI=1S/C22H18B2N6O3S/c1-13-2-4-16(5-3-13)34(31,32)30-17-8-14(23)9-18-20(17)21(27-30)29-7-6-28(12-19(29)33-18)22-25-10-15(24)11-26-22/h2-5,8-11,19H,6-7,12H2,1H3. The molecule has 2 aromatic heterocycles. The van der Waals surface area contributed by atoms with Gasteiger partial charge in [0.2, 0.25) is 5.95 Å². The molecule has 0 aliphatic carbocycles. The van der Waals surface area contributed by atoms with Crippen molar-refractivity contribution in [3.63, 3.8) is 0 Å². The number of nitrogens with zero attached hydrogens (tertiary/aromatic N) is 6. The number of rotatable bonds is 3. The number of aromatic nitrogens is 4. The normalized spacial score (nSPS) is 17.5. The van der Waals surface area contributed by atoms with Gasteiger partial charge in [0.05, 0.1) is 22.3 Å². The van der Waals surface area contributed by atoms with Gasteiger partial charge in [0.1, 0.15) is 21.4 Å². The summed E-state index contributed by atoms with van der Waals surface area (Å²) in [6.07, 6.45) is 2.71. The average molecular weight is 468 g/mol. The molecule has 2 aromatic carbocycles. The summed E-state index contributed by atoms with van der Waals surface area (Å²) in [5.74, 6) is 1.60. The molecule has 6 rings (SSSR count). The largest absolute Gasteiger partial charge is 0.468 e. The predicted molar refractivity (Wildman–Crippen MR) is 130 cm³/mol. The highest BCUT2D eigenvalue weighted by Gasteiger charge is 2.39. The van der Waals surface area contributed by atoms with E-state index in [1.54, 1.807) is 48.8 Å². The number of hydrogen-bond donors (Lipinski definition) is 0. The van der Waals surface area contributed by atoms with Crippen LogP contribution in [0, 0.1) is 6.92 Å². The van der Waals surface area contributed by atoms with E-state index in [9.17, 15) is 8.42 Å². The fourth-order valence-electron chi connectivity index (χ4n) is 4.39. The third kappa shape index (κ3) is 3.24. The van der Waals surface area contributed by atoms with Crippen LogP contribution in [0.4, 0.5) is 11.8 Å². The lowest BCUT2D eigenvalue weighted by Crippen LogP contribution is -2.57. The molecule has 2 aliphatic heterocycles. The Bertz CT molecular complexity index is 1520. The van der Waals surface area contributed by atoms with Crippen molar-refractivity contribution in [2.24, 2.45) is 0 Å². The number of aryl methyl sites for hydroxylation is 1. The predicted octanol–water partition coefficient (Wildman–Crippen LogP) is 0.00442. The van der Waals surface area contributed by atoms with E-state index in [-0.39, 0.29) is 4.90 Å². The number of piperazine rings is 1. The van der Waals surface area contributed by atoms with Crippen LogP contribution in [0.3, 0.4) is 0 Å². The fourth-order valence-corrected chi connectivity index (χ4v) is 5.66. The second-order valence-corrected chi connectivity index (χ2v) is 10.2. The van der Waals surface area contributed by atoms with Gasteiger partial charge in [-0.1, -0.05) is 28.6 Å². The molecule has 9 nitrogen and oxygen atoms in total. The minimum Gasteiger partial charge on any atom is -0.468 e. The molecule has 1 saturated heterocycles. The summed E-state index contributed by atoms with van der Waals surface area (Å²) in [7, 11) is 7.90. The molecule has 2 aliphatic rings. The third-order valence-corrected chi connectivity index (χ3v) is 7.68. The van der Waals surface area contributed by atoms with Crippen LogP contribution in [0.25, 0.3) is 10.9 Å². The summed E-state index contributed by atoms with van der Waals surface area (Å²) in [5.41, 5.74) is 2.22. The Morgan fingerprint density at radius 1 is 1.03 bits per heavy atom. The molecule has 1 fully saturated rings. The third-order valence-electron chi connectivity index (χ3n) is 6.08. The van der Waals surface area contributed by atoms with Crippen molar-refractivity contribution in [3.05, 3.63) is 54.4 Å². The molecule has 0 amide bonds. The van der Waals surface area contributed by atoms with Gasteiger partial charge < -0.3 is 14.5 Å². The first-order chi connectivity index (χ1) is 16.3. The smallest absolute Gasteiger partial charge is 0.283 e. The summed E-state index contributed by atoms with van der Waals surface area (Å²) in [5, 5.41) is 5.20. The minimum atomic E-state index is -3.95. The summed E-state index contributed by atoms with van der Waals surface area (Å²) < 4.78 is 34.4. The Kier molecular flexibility index (Phi) is 4.63. The van der Waals surface area contributed by atoms with Crippen LogP contribution < -0.4 is 25.5 Å². The van der Waals surface area contributed by atoms with Crippen LogP contribution in [-0.2, 0) is 10.0 Å². The molecule has 4 heterocycles. The summed E-state index contributed by atoms with van der Waals surface area (Å²) in [6.45, 7) is 3.50. The van der Waals surface area contributed by atoms with Crippen LogP contribution in [0.2, 0.25) is 0 Å². The first-order valence-corrected chi connectivity index (χ1v) is 12.2. The van der Waals surface area contributed by atoms with Crippen molar-refractivity contribution in [2.75, 3.05) is 29.4 Å². The Morgan fingerprint density at radius 2 is 1.76 bits per heavy atom. The van der Waals surface area contributed by atoms with E-state index in [1.807, 2.05) is 16.7 Å². The van der Waals surface area contributed by atoms with E-state index in [0.717, 1.165) is 9.65 Å². The zero-order chi connectivity index (χ0) is 23.6. The van der Waals surface area contributed by atoms with Crippen molar-refractivity contribution in [2.45, 2.75) is 18.0 Å². The van der Waals surface area contributed by atoms with Gasteiger partial charge in [-0.25, -0.2) is 9.97 Å². The van der Waals surface area contributed by atoms with Gasteiger partial charge in [-0.3, -0.25) is 0 Å². The molecule has 0 spiro atoms. The Morgan fingerprint density at radius 3 is 2.50 bits per heavy atom. The van der Waals surface area contributed by atoms with E-state index in [4.69, 9.17) is 20.4 Å². The number of fused-ring (bicyclic) bond motifs is 2. The fraction of sp³-hybridized carbons (Fsp3) is 0.227. The maximum atomic E-state index is 13.5. The molecule has 0 bridgehead atoms. The van der Waals surface area contributed by atoms with E-state index in [1.165, 1.54) is 0 Å². The van der Waals surface area contributed by atoms with Gasteiger partial charge in [-0.05, 0) is 31.2 Å². The lowest BCUT2D eigenvalue weighted by Gasteiger charge is -2.43. The van der Waals surface area contributed by atoms with Crippen LogP contribution in [0.1, 0.15) is 5.56 Å². The van der Waals surface area contributed by atoms with Crippen molar-refractivity contribution in [1.29, 1.82) is 0 Å². The zero-order valence-electron chi connectivity index (χ0n) is 18.3. The van der Waals surface area contributed by atoms with Crippen LogP contribution in [0.15, 0.2) is 53.7 Å². The van der Waals surface area contributed by atoms with Gasteiger partial charge >= 0.3 is 0 Å². The van der Waals surface area contributed by atoms with Gasteiger partial charge in [0.15, 0.2) is 12.0 Å². The highest BCUT2D eigenvalue weighted by molar-refractivity contribution is 7.90. The van der Waals surface area contributed by atoms with Crippen LogP contribution >= 0.6 is 0 Å². The quantitative estimate of drug-likeness (QED) is 0.389. The molecule has 4 radical (unpaired) electrons. The Hall–Kier alpha value is -3.53. The summed E-state index contributed by atoms with van der Waals surface area (Å²) >= 11 is 0. The molecule has 12 heteroatoms. The maximum absolute atomic E-state index is 13.5. The van der Waals surface area contributed by atoms with Crippen molar-refractivity contribution in [1.82, 2.24) is 19.2 Å². The lowest BCUT2D eigenvalue weighted by molar-refractivity contribution is 0.183. The minimum absolute atomic E-state index is 0.153. The second-order valence-electron chi connectivity index (χ2n) is 8.43. The van der Waals surface area contributed by atoms with E-state index in [0.29, 0.717) is 59.0 Å². The topological polar surface area (TPSA) is 93.5 Å². The maximum Gasteiger partial charge on any atom is 0.283 e. The monoisotopic (exact) mass is 468 g/mol. The number of ether oxygens (including phenoxy) is 1. The molecular formula is C22H18B2N6O3S. The van der Waals surface area contributed by atoms with Crippen molar-refractivity contribution < 1.29 is 13.2 Å². The molecule has 166 valence electrons. The number of hydrogen-bond acceptors (Lipinski definition) is 8. The van der Waals surface area contributed by atoms with Gasteiger partial charge in [-0.15, -0.1) is 5.10 Å². The average Bonchev–Trinajstić information content (AvgIpc) is 3.20. The molecule has 1 unspecified atom stereocenters. The van der Waals surface area contributed by atoms with Gasteiger partial charge in [0, 0.05) is 25.5 Å². The first kappa shape index (κ1) is 21.0. The highest BCUT2D eigenvalue weighted by atomic mass is 32.2. The summed E-state index contributed by atoms with van der Waals surface area (Å²) in [6, 6.07) is 9.99. The van der Waals surface area contributed by atoms with Crippen LogP contribution in [-0.4, -0.2) is 69.1 Å². The summed E-state index contributed by atoms with van der Waals surface area (Å²) in [4.78, 5) is 12.7. The molecule has 4 aromatic rings. The first-order valence-electron chi connectivity index (χ1n) is 10.7. The van der Waals surface area contributed by atoms with Gasteiger partial charge in [0.25, 0.3) is 10.0 Å². The molecule has 0 N–H and O–H groups in total. The molecule has 0 saturated carbocycles. The SMILES string of the molecule is [B]c1cnc(N2CCN3c4nn(S(=O)(=O)c5ccc(C)cc5)c5cc([B])cc(c45)OC3C2)nc1. The molecule has 34 heavy (non-hydrogen) atoms. The Labute approximate surface area is 199 Å². The molecular weight excluding hydrogens is 450 g/mol. The van der Waals surface area contributed by atoms with Gasteiger partial charge in [-0.2, -0.15) is 12.5 Å². The zero-order valence-corrected chi connectivity index (χ0v) is 19.1. The van der Waals surface area contributed by atoms with Crippen LogP contribution in [0.5, 0.6) is 5.75 Å². The Balaban J connectivity index is 1.43. The van der Waals surface area contributed by atoms with E-state index in [2.05, 4.69) is 15.1 Å². The lowest BCUT2D eigenvalue weighted by atomic mass is 9.94. The number of benzene rings is 2. The highest BCUT2D eigenvalue weighted by Crippen LogP contribution is 2.41. The number of anilines is 2. The van der Waals surface area contributed by atoms with Crippen molar-refractivity contribution >= 4 is 59.3 Å². The van der Waals surface area contributed by atoms with Crippen molar-refractivity contribution in [3.8, 4) is 5.75 Å². The van der Waals surface area contributed by atoms with E-state index >= 15 is 0 Å². The second kappa shape index (κ2) is 7.49. The molecule has 1 atom stereocenters. The van der Waals surface area contributed by atoms with E-state index < -0.39 is 16.3 Å².